The minimum absolute atomic E-state index is 0.538. The van der Waals surface area contributed by atoms with Gasteiger partial charge in [-0.2, -0.15) is 5.10 Å². The van der Waals surface area contributed by atoms with Crippen LogP contribution in [0.3, 0.4) is 0 Å². The van der Waals surface area contributed by atoms with Gasteiger partial charge in [0.25, 0.3) is 0 Å². The van der Waals surface area contributed by atoms with E-state index in [0.717, 1.165) is 11.3 Å². The van der Waals surface area contributed by atoms with Gasteiger partial charge >= 0.3 is 0 Å². The van der Waals surface area contributed by atoms with E-state index >= 15 is 0 Å². The number of hydrazone groups is 1. The van der Waals surface area contributed by atoms with Crippen molar-refractivity contribution in [1.29, 1.82) is 0 Å². The molecule has 0 bridgehead atoms. The molecular weight excluding hydrogens is 290 g/mol. The largest absolute Gasteiger partial charge is 0.331 e. The molecule has 0 heterocycles. The second-order valence-electron chi connectivity index (χ2n) is 5.39. The molecule has 3 nitrogen and oxygen atoms in total. The molecule has 0 aliphatic carbocycles. The molecule has 0 fully saturated rings. The van der Waals surface area contributed by atoms with E-state index in [-0.39, 0.29) is 0 Å². The molecule has 2 aromatic rings. The highest BCUT2D eigenvalue weighted by Gasteiger charge is 2.02. The molecule has 4 heteroatoms. The molecule has 0 aliphatic rings. The standard InChI is InChI=1S/C18H21N3S/c1-14(2)16-11-9-15(10-12-16)13-19-21(3)18(22)20-17-7-5-4-6-8-17/h4-14H,1-3H3,(H,20,22). The number of para-hydroxylation sites is 1. The Bertz CT molecular complexity index is 633. The lowest BCUT2D eigenvalue weighted by molar-refractivity contribution is 0.557. The maximum atomic E-state index is 5.33. The molecule has 1 N–H and O–H groups in total. The van der Waals surface area contributed by atoms with Crippen molar-refractivity contribution in [2.75, 3.05) is 12.4 Å². The summed E-state index contributed by atoms with van der Waals surface area (Å²) in [5.74, 6) is 0.538. The summed E-state index contributed by atoms with van der Waals surface area (Å²) < 4.78 is 0. The van der Waals surface area contributed by atoms with Crippen LogP contribution in [0.25, 0.3) is 0 Å². The first-order valence-corrected chi connectivity index (χ1v) is 7.71. The van der Waals surface area contributed by atoms with Crippen LogP contribution >= 0.6 is 12.2 Å². The predicted octanol–water partition coefficient (Wildman–Crippen LogP) is 4.47. The number of rotatable bonds is 4. The third-order valence-corrected chi connectivity index (χ3v) is 3.67. The number of nitrogens with zero attached hydrogens (tertiary/aromatic N) is 2. The van der Waals surface area contributed by atoms with E-state index in [0.29, 0.717) is 11.0 Å². The quantitative estimate of drug-likeness (QED) is 0.513. The van der Waals surface area contributed by atoms with Crippen molar-refractivity contribution in [3.63, 3.8) is 0 Å². The van der Waals surface area contributed by atoms with Gasteiger partial charge in [0, 0.05) is 12.7 Å². The Labute approximate surface area is 137 Å². The van der Waals surface area contributed by atoms with Gasteiger partial charge in [0.2, 0.25) is 0 Å². The highest BCUT2D eigenvalue weighted by molar-refractivity contribution is 7.80. The third-order valence-electron chi connectivity index (χ3n) is 3.30. The minimum atomic E-state index is 0.538. The highest BCUT2D eigenvalue weighted by Crippen LogP contribution is 2.14. The number of nitrogens with one attached hydrogen (secondary N) is 1. The van der Waals surface area contributed by atoms with Crippen LogP contribution in [0, 0.1) is 0 Å². The zero-order valence-corrected chi connectivity index (χ0v) is 14.0. The topological polar surface area (TPSA) is 27.6 Å². The summed E-state index contributed by atoms with van der Waals surface area (Å²) in [6.07, 6.45) is 1.81. The summed E-state index contributed by atoms with van der Waals surface area (Å²) in [5.41, 5.74) is 3.33. The Kier molecular flexibility index (Phi) is 5.67. The number of anilines is 1. The first kappa shape index (κ1) is 16.2. The molecule has 0 radical (unpaired) electrons. The van der Waals surface area contributed by atoms with Crippen molar-refractivity contribution in [1.82, 2.24) is 5.01 Å². The number of benzene rings is 2. The second kappa shape index (κ2) is 7.71. The van der Waals surface area contributed by atoms with Crippen molar-refractivity contribution in [3.8, 4) is 0 Å². The first-order valence-electron chi connectivity index (χ1n) is 7.30. The van der Waals surface area contributed by atoms with Crippen molar-refractivity contribution in [2.24, 2.45) is 5.10 Å². The Morgan fingerprint density at radius 3 is 2.32 bits per heavy atom. The van der Waals surface area contributed by atoms with Gasteiger partial charge in [0.05, 0.1) is 6.21 Å². The van der Waals surface area contributed by atoms with Gasteiger partial charge in [-0.3, -0.25) is 0 Å². The van der Waals surface area contributed by atoms with Crippen LogP contribution in [-0.2, 0) is 0 Å². The first-order chi connectivity index (χ1) is 10.6. The molecular formula is C18H21N3S. The molecule has 114 valence electrons. The molecule has 0 saturated carbocycles. The zero-order valence-electron chi connectivity index (χ0n) is 13.2. The van der Waals surface area contributed by atoms with Crippen LogP contribution in [0.2, 0.25) is 0 Å². The summed E-state index contributed by atoms with van der Waals surface area (Å²) in [4.78, 5) is 0. The maximum Gasteiger partial charge on any atom is 0.193 e. The average molecular weight is 311 g/mol. The number of hydrogen-bond donors (Lipinski definition) is 1. The smallest absolute Gasteiger partial charge is 0.193 e. The fourth-order valence-corrected chi connectivity index (χ4v) is 2.06. The summed E-state index contributed by atoms with van der Waals surface area (Å²) in [6.45, 7) is 4.37. The summed E-state index contributed by atoms with van der Waals surface area (Å²) in [7, 11) is 1.83. The molecule has 22 heavy (non-hydrogen) atoms. The molecule has 0 amide bonds. The Balaban J connectivity index is 1.95. The molecule has 0 unspecified atom stereocenters. The Hall–Kier alpha value is -2.20. The third kappa shape index (κ3) is 4.67. The molecule has 0 atom stereocenters. The predicted molar refractivity (Wildman–Crippen MR) is 98.6 cm³/mol. The molecule has 0 aliphatic heterocycles. The van der Waals surface area contributed by atoms with Crippen molar-refractivity contribution >= 4 is 29.2 Å². The highest BCUT2D eigenvalue weighted by atomic mass is 32.1. The normalized spacial score (nSPS) is 10.9. The van der Waals surface area contributed by atoms with E-state index in [1.165, 1.54) is 5.56 Å². The van der Waals surface area contributed by atoms with Crippen molar-refractivity contribution in [3.05, 3.63) is 65.7 Å². The molecule has 2 rings (SSSR count). The van der Waals surface area contributed by atoms with Crippen LogP contribution in [0.15, 0.2) is 59.7 Å². The second-order valence-corrected chi connectivity index (χ2v) is 5.77. The SMILES string of the molecule is CC(C)c1ccc(C=NN(C)C(=S)Nc2ccccc2)cc1. The molecule has 0 saturated heterocycles. The maximum absolute atomic E-state index is 5.33. The van der Waals surface area contributed by atoms with Crippen LogP contribution in [0.4, 0.5) is 5.69 Å². The van der Waals surface area contributed by atoms with Crippen molar-refractivity contribution < 1.29 is 0 Å². The minimum Gasteiger partial charge on any atom is -0.331 e. The van der Waals surface area contributed by atoms with Gasteiger partial charge in [-0.25, -0.2) is 5.01 Å². The van der Waals surface area contributed by atoms with E-state index in [1.54, 1.807) is 5.01 Å². The summed E-state index contributed by atoms with van der Waals surface area (Å²) >= 11 is 5.33. The summed E-state index contributed by atoms with van der Waals surface area (Å²) in [6, 6.07) is 18.2. The lowest BCUT2D eigenvalue weighted by Gasteiger charge is -2.15. The van der Waals surface area contributed by atoms with Gasteiger partial charge in [-0.05, 0) is 41.4 Å². The van der Waals surface area contributed by atoms with Crippen LogP contribution in [0.5, 0.6) is 0 Å². The Morgan fingerprint density at radius 2 is 1.73 bits per heavy atom. The molecule has 0 spiro atoms. The zero-order chi connectivity index (χ0) is 15.9. The average Bonchev–Trinajstić information content (AvgIpc) is 2.53. The summed E-state index contributed by atoms with van der Waals surface area (Å²) in [5, 5.41) is 9.72. The van der Waals surface area contributed by atoms with E-state index in [4.69, 9.17) is 12.2 Å². The Morgan fingerprint density at radius 1 is 1.09 bits per heavy atom. The van der Waals surface area contributed by atoms with Crippen molar-refractivity contribution in [2.45, 2.75) is 19.8 Å². The molecule has 2 aromatic carbocycles. The lowest BCUT2D eigenvalue weighted by Crippen LogP contribution is -2.26. The number of thiocarbonyl (C=S) groups is 1. The lowest BCUT2D eigenvalue weighted by atomic mass is 10.0. The van der Waals surface area contributed by atoms with Gasteiger partial charge < -0.3 is 5.32 Å². The fourth-order valence-electron chi connectivity index (χ4n) is 1.90. The van der Waals surface area contributed by atoms with E-state index in [2.05, 4.69) is 48.5 Å². The van der Waals surface area contributed by atoms with E-state index in [1.807, 2.05) is 43.6 Å². The van der Waals surface area contributed by atoms with Crippen LogP contribution in [-0.4, -0.2) is 23.4 Å². The fraction of sp³-hybridized carbons (Fsp3) is 0.222. The van der Waals surface area contributed by atoms with Gasteiger partial charge in [0.1, 0.15) is 0 Å². The molecule has 0 aromatic heterocycles. The van der Waals surface area contributed by atoms with Gasteiger partial charge in [0.15, 0.2) is 5.11 Å². The van der Waals surface area contributed by atoms with E-state index < -0.39 is 0 Å². The van der Waals surface area contributed by atoms with Gasteiger partial charge in [-0.1, -0.05) is 56.3 Å². The van der Waals surface area contributed by atoms with Crippen LogP contribution < -0.4 is 5.32 Å². The van der Waals surface area contributed by atoms with E-state index in [9.17, 15) is 0 Å². The number of hydrogen-bond acceptors (Lipinski definition) is 2. The monoisotopic (exact) mass is 311 g/mol. The van der Waals surface area contributed by atoms with Gasteiger partial charge in [-0.15, -0.1) is 0 Å². The van der Waals surface area contributed by atoms with Crippen LogP contribution in [0.1, 0.15) is 30.9 Å².